The Balaban J connectivity index is 0. The Hall–Kier alpha value is -1.95. The maximum absolute atomic E-state index is 11.2. The largest absolute Gasteiger partial charge is 2.00 e. The molecule has 0 bridgehead atoms. The molecule has 9 nitrogen and oxygen atoms in total. The third kappa shape index (κ3) is 12.0. The molecule has 1 atom stereocenters. The third-order valence-electron chi connectivity index (χ3n) is 5.14. The summed E-state index contributed by atoms with van der Waals surface area (Å²) in [6.45, 7) is 11.1. The number of aromatic nitrogens is 3. The van der Waals surface area contributed by atoms with Gasteiger partial charge in [0.1, 0.15) is 11.5 Å². The number of likely N-dealkylation sites (tertiary alicyclic amines) is 1. The standard InChI is InChI=1S/C15H13N4O2.C8H16N3.C2H6.CH3.U.V/c1-10(20)7-11-3-2-4-12(8-11)21-15-6-5-14-17-13(16)9-19(14)18-15;1-7(9)11-5-4-8(6-11)10(2)3;1-2;;;/h2-6,8-9,16H,7H2,1H3;8-9H,1,4-6H2,2-3H3;1-2H3;1H3;;/q2*-1;;-1;;+2. The first-order valence-electron chi connectivity index (χ1n) is 11.4. The van der Waals surface area contributed by atoms with Crippen molar-refractivity contribution in [3.63, 3.8) is 0 Å². The topological polar surface area (TPSA) is 111 Å². The van der Waals surface area contributed by atoms with Crippen LogP contribution in [0.3, 0.4) is 0 Å². The molecular weight excluding hydrogens is 731 g/mol. The van der Waals surface area contributed by atoms with Crippen LogP contribution in [0.15, 0.2) is 55.0 Å². The molecule has 199 valence electrons. The number of nitrogens with zero attached hydrogens (tertiary/aromatic N) is 5. The number of fused-ring (bicyclic) bond motifs is 1. The van der Waals surface area contributed by atoms with Gasteiger partial charge in [-0.3, -0.25) is 4.79 Å². The molecule has 4 rings (SSSR count). The van der Waals surface area contributed by atoms with Crippen LogP contribution >= 0.6 is 0 Å². The maximum atomic E-state index is 11.2. The normalized spacial score (nSPS) is 13.6. The number of hydrogen-bond acceptors (Lipinski definition) is 6. The summed E-state index contributed by atoms with van der Waals surface area (Å²) in [7, 11) is 4.17. The molecule has 1 saturated heterocycles. The first-order valence-corrected chi connectivity index (χ1v) is 11.4. The van der Waals surface area contributed by atoms with Gasteiger partial charge in [-0.15, -0.1) is 11.7 Å². The summed E-state index contributed by atoms with van der Waals surface area (Å²) in [6.07, 6.45) is 3.05. The van der Waals surface area contributed by atoms with Crippen molar-refractivity contribution in [2.45, 2.75) is 39.7 Å². The van der Waals surface area contributed by atoms with Gasteiger partial charge in [0.05, 0.1) is 5.65 Å². The molecule has 3 heterocycles. The zero-order chi connectivity index (χ0) is 25.3. The zero-order valence-corrected chi connectivity index (χ0v) is 28.2. The number of ether oxygens (including phenoxy) is 1. The molecule has 0 spiro atoms. The van der Waals surface area contributed by atoms with Crippen LogP contribution in [0.1, 0.15) is 32.8 Å². The minimum Gasteiger partial charge on any atom is -0.483 e. The van der Waals surface area contributed by atoms with Gasteiger partial charge in [0.15, 0.2) is 0 Å². The van der Waals surface area contributed by atoms with Crippen molar-refractivity contribution >= 4 is 17.2 Å². The number of ketones is 1. The third-order valence-corrected chi connectivity index (χ3v) is 5.14. The fourth-order valence-electron chi connectivity index (χ4n) is 3.45. The average molecular weight is 770 g/mol. The molecule has 37 heavy (non-hydrogen) atoms. The van der Waals surface area contributed by atoms with Gasteiger partial charge >= 0.3 is 18.6 Å². The molecule has 2 N–H and O–H groups in total. The fraction of sp³-hybridized carbons (Fsp3) is 0.385. The van der Waals surface area contributed by atoms with Crippen LogP contribution in [0, 0.1) is 38.5 Å². The summed E-state index contributed by atoms with van der Waals surface area (Å²) in [6, 6.07) is 11.4. The van der Waals surface area contributed by atoms with Gasteiger partial charge in [0.25, 0.3) is 0 Å². The second kappa shape index (κ2) is 18.3. The second-order valence-electron chi connectivity index (χ2n) is 8.03. The van der Waals surface area contributed by atoms with Crippen LogP contribution in [-0.4, -0.2) is 63.4 Å². The molecule has 1 fully saturated rings. The molecule has 0 amide bonds. The molecule has 2 aromatic heterocycles. The number of hydrogen-bond donors (Lipinski definition) is 0. The van der Waals surface area contributed by atoms with Crippen molar-refractivity contribution in [2.24, 2.45) is 0 Å². The Morgan fingerprint density at radius 1 is 1.24 bits per heavy atom. The van der Waals surface area contributed by atoms with Crippen molar-refractivity contribution in [3.05, 3.63) is 79.5 Å². The summed E-state index contributed by atoms with van der Waals surface area (Å²) in [5.74, 6) is 1.73. The van der Waals surface area contributed by atoms with Crippen molar-refractivity contribution in [2.75, 3.05) is 27.2 Å². The molecule has 0 saturated carbocycles. The molecular formula is C26H38N7O2UV-. The Morgan fingerprint density at radius 3 is 2.46 bits per heavy atom. The van der Waals surface area contributed by atoms with E-state index in [0.29, 0.717) is 35.6 Å². The van der Waals surface area contributed by atoms with E-state index in [4.69, 9.17) is 16.2 Å². The first-order chi connectivity index (χ1) is 16.2. The quantitative estimate of drug-likeness (QED) is 0.287. The fourth-order valence-corrected chi connectivity index (χ4v) is 3.45. The van der Waals surface area contributed by atoms with Crippen molar-refractivity contribution < 1.29 is 59.2 Å². The monoisotopic (exact) mass is 769 g/mol. The number of nitrogens with one attached hydrogen (secondary N) is 2. The number of benzene rings is 1. The van der Waals surface area contributed by atoms with Crippen molar-refractivity contribution in [3.8, 4) is 11.6 Å². The molecule has 1 aliphatic rings. The van der Waals surface area contributed by atoms with Gasteiger partial charge in [-0.2, -0.15) is 0 Å². The van der Waals surface area contributed by atoms with E-state index in [0.717, 1.165) is 25.1 Å². The summed E-state index contributed by atoms with van der Waals surface area (Å²) < 4.78 is 7.18. The van der Waals surface area contributed by atoms with E-state index in [-0.39, 0.29) is 68.7 Å². The van der Waals surface area contributed by atoms with Gasteiger partial charge < -0.3 is 38.4 Å². The molecule has 11 heteroatoms. The number of imidazole rings is 1. The summed E-state index contributed by atoms with van der Waals surface area (Å²) in [5, 5.41) is 4.23. The van der Waals surface area contributed by atoms with Crippen molar-refractivity contribution in [1.29, 1.82) is 0 Å². The van der Waals surface area contributed by atoms with Crippen LogP contribution in [0.25, 0.3) is 17.1 Å². The van der Waals surface area contributed by atoms with Crippen LogP contribution in [0.5, 0.6) is 11.6 Å². The molecule has 0 aliphatic carbocycles. The number of carbonyl (C=O) groups is 1. The van der Waals surface area contributed by atoms with E-state index in [9.17, 15) is 4.79 Å². The predicted octanol–water partition coefficient (Wildman–Crippen LogP) is 5.96. The van der Waals surface area contributed by atoms with Gasteiger partial charge in [0, 0.05) is 55.8 Å². The second-order valence-corrected chi connectivity index (χ2v) is 8.03. The van der Waals surface area contributed by atoms with E-state index in [1.165, 1.54) is 10.7 Å². The molecule has 1 radical (unpaired) electrons. The molecule has 1 aliphatic heterocycles. The maximum Gasteiger partial charge on any atom is 2.00 e. The van der Waals surface area contributed by atoms with Gasteiger partial charge in [-0.05, 0) is 70.1 Å². The van der Waals surface area contributed by atoms with Gasteiger partial charge in [0.2, 0.25) is 5.88 Å². The van der Waals surface area contributed by atoms with Crippen LogP contribution in [-0.2, 0) is 29.8 Å². The van der Waals surface area contributed by atoms with Gasteiger partial charge in [-0.25, -0.2) is 4.52 Å². The van der Waals surface area contributed by atoms with E-state index in [2.05, 4.69) is 35.7 Å². The number of Topliss-reactive ketones (excluding diaryl/α,β-unsaturated/α-hetero) is 1. The van der Waals surface area contributed by atoms with Crippen LogP contribution < -0.4 is 4.74 Å². The average Bonchev–Trinajstić information content (AvgIpc) is 3.42. The SMILES string of the molecule is C=C([NH-])N1CCC(N(C)C)C1.CC.CC(=O)Cc1cccc(Oc2ccc3nc([NH-])cn3n2)c1.[CH3-].[U].[V+2]. The number of rotatable bonds is 6. The predicted molar refractivity (Wildman–Crippen MR) is 143 cm³/mol. The Bertz CT molecular complexity index is 1110. The Morgan fingerprint density at radius 2 is 1.92 bits per heavy atom. The summed E-state index contributed by atoms with van der Waals surface area (Å²) in [4.78, 5) is 19.4. The van der Waals surface area contributed by atoms with E-state index in [1.807, 2.05) is 36.9 Å². The van der Waals surface area contributed by atoms with Gasteiger partial charge in [-0.1, -0.05) is 31.8 Å². The Labute approximate surface area is 257 Å². The minimum atomic E-state index is 0. The van der Waals surface area contributed by atoms with Crippen LogP contribution in [0.2, 0.25) is 0 Å². The van der Waals surface area contributed by atoms with Crippen LogP contribution in [0.4, 0.5) is 5.82 Å². The molecule has 1 unspecified atom stereocenters. The van der Waals surface area contributed by atoms with E-state index in [1.54, 1.807) is 25.1 Å². The Kier molecular flexibility index (Phi) is 18.4. The summed E-state index contributed by atoms with van der Waals surface area (Å²) >= 11 is 0. The number of carbonyl (C=O) groups excluding carboxylic acids is 1. The summed E-state index contributed by atoms with van der Waals surface area (Å²) in [5.41, 5.74) is 16.3. The minimum absolute atomic E-state index is 0. The zero-order valence-electron chi connectivity index (χ0n) is 22.7. The van der Waals surface area contributed by atoms with Crippen molar-refractivity contribution in [1.82, 2.24) is 24.4 Å². The smallest absolute Gasteiger partial charge is 0.483 e. The number of likely N-dealkylation sites (N-methyl/N-ethyl adjacent to an activating group) is 1. The van der Waals surface area contributed by atoms with E-state index >= 15 is 0 Å². The van der Waals surface area contributed by atoms with E-state index < -0.39 is 0 Å². The first kappa shape index (κ1) is 37.2. The molecule has 1 aromatic carbocycles. The molecule has 3 aromatic rings.